The Morgan fingerprint density at radius 2 is 2.27 bits per heavy atom. The van der Waals surface area contributed by atoms with Crippen molar-refractivity contribution in [2.45, 2.75) is 12.8 Å². The van der Waals surface area contributed by atoms with Crippen LogP contribution in [0.15, 0.2) is 24.0 Å². The van der Waals surface area contributed by atoms with Gasteiger partial charge in [0.1, 0.15) is 10.7 Å². The summed E-state index contributed by atoms with van der Waals surface area (Å²) < 4.78 is 0. The normalized spacial score (nSPS) is 10.5. The van der Waals surface area contributed by atoms with Gasteiger partial charge in [0.2, 0.25) is 0 Å². The lowest BCUT2D eigenvalue weighted by Crippen LogP contribution is -2.00. The van der Waals surface area contributed by atoms with E-state index in [0.29, 0.717) is 6.54 Å². The van der Waals surface area contributed by atoms with Crippen LogP contribution in [0.5, 0.6) is 0 Å². The molecule has 0 saturated carbocycles. The van der Waals surface area contributed by atoms with Gasteiger partial charge in [0.25, 0.3) is 0 Å². The van der Waals surface area contributed by atoms with Crippen LogP contribution >= 0.6 is 11.3 Å². The molecule has 0 aliphatic carbocycles. The first-order valence-electron chi connectivity index (χ1n) is 4.81. The summed E-state index contributed by atoms with van der Waals surface area (Å²) in [6, 6.07) is 0. The van der Waals surface area contributed by atoms with Gasteiger partial charge in [0, 0.05) is 17.8 Å². The first-order chi connectivity index (χ1) is 7.40. The van der Waals surface area contributed by atoms with E-state index >= 15 is 0 Å². The maximum absolute atomic E-state index is 5.45. The molecule has 5 heteroatoms. The van der Waals surface area contributed by atoms with Gasteiger partial charge in [-0.05, 0) is 19.4 Å². The van der Waals surface area contributed by atoms with Crippen LogP contribution in [-0.2, 0) is 6.42 Å². The third-order valence-corrected chi connectivity index (χ3v) is 2.88. The number of thiazole rings is 1. The molecule has 2 rings (SSSR count). The Bertz CT molecular complexity index is 412. The number of hydrogen-bond donors (Lipinski definition) is 1. The highest BCUT2D eigenvalue weighted by Gasteiger charge is 2.04. The Hall–Kier alpha value is -1.33. The third-order valence-electron chi connectivity index (χ3n) is 1.97. The summed E-state index contributed by atoms with van der Waals surface area (Å²) in [5.41, 5.74) is 7.37. The number of rotatable bonds is 4. The van der Waals surface area contributed by atoms with Gasteiger partial charge in [-0.2, -0.15) is 0 Å². The summed E-state index contributed by atoms with van der Waals surface area (Å²) in [7, 11) is 0. The molecule has 0 fully saturated rings. The van der Waals surface area contributed by atoms with Crippen molar-refractivity contribution in [2.24, 2.45) is 5.73 Å². The molecule has 2 aromatic rings. The third kappa shape index (κ3) is 2.57. The van der Waals surface area contributed by atoms with E-state index in [0.717, 1.165) is 29.2 Å². The molecule has 0 bridgehead atoms. The van der Waals surface area contributed by atoms with Gasteiger partial charge >= 0.3 is 0 Å². The molecular weight excluding hydrogens is 208 g/mol. The lowest BCUT2D eigenvalue weighted by atomic mass is 10.2. The first-order valence-corrected chi connectivity index (χ1v) is 5.69. The van der Waals surface area contributed by atoms with E-state index in [4.69, 9.17) is 5.73 Å². The second kappa shape index (κ2) is 4.95. The fraction of sp³-hybridized carbons (Fsp3) is 0.300. The van der Waals surface area contributed by atoms with Crippen molar-refractivity contribution in [1.82, 2.24) is 15.0 Å². The number of hydrogen-bond acceptors (Lipinski definition) is 5. The van der Waals surface area contributed by atoms with Gasteiger partial charge in [-0.15, -0.1) is 11.3 Å². The van der Waals surface area contributed by atoms with Gasteiger partial charge in [-0.25, -0.2) is 4.98 Å². The average Bonchev–Trinajstić information content (AvgIpc) is 2.76. The Balaban J connectivity index is 2.14. The van der Waals surface area contributed by atoms with Gasteiger partial charge in [-0.1, -0.05) is 0 Å². The van der Waals surface area contributed by atoms with Crippen LogP contribution in [0.3, 0.4) is 0 Å². The van der Waals surface area contributed by atoms with E-state index in [1.165, 1.54) is 0 Å². The molecule has 0 amide bonds. The Morgan fingerprint density at radius 3 is 3.00 bits per heavy atom. The van der Waals surface area contributed by atoms with E-state index in [2.05, 4.69) is 20.3 Å². The van der Waals surface area contributed by atoms with E-state index in [1.54, 1.807) is 29.9 Å². The quantitative estimate of drug-likeness (QED) is 0.847. The van der Waals surface area contributed by atoms with Crippen LogP contribution in [0.2, 0.25) is 0 Å². The molecule has 0 aliphatic rings. The lowest BCUT2D eigenvalue weighted by Gasteiger charge is -1.93. The monoisotopic (exact) mass is 220 g/mol. The Kier molecular flexibility index (Phi) is 3.37. The summed E-state index contributed by atoms with van der Waals surface area (Å²) in [6.07, 6.45) is 6.98. The molecule has 0 saturated heterocycles. The fourth-order valence-electron chi connectivity index (χ4n) is 1.23. The largest absolute Gasteiger partial charge is 0.330 e. The predicted octanol–water partition coefficient (Wildman–Crippen LogP) is 1.49. The Labute approximate surface area is 92.2 Å². The smallest absolute Gasteiger partial charge is 0.143 e. The van der Waals surface area contributed by atoms with Gasteiger partial charge in [0.05, 0.1) is 11.9 Å². The van der Waals surface area contributed by atoms with Crippen LogP contribution in [0, 0.1) is 0 Å². The molecule has 78 valence electrons. The summed E-state index contributed by atoms with van der Waals surface area (Å²) in [5.74, 6) is 0. The molecule has 15 heavy (non-hydrogen) atoms. The van der Waals surface area contributed by atoms with Crippen molar-refractivity contribution < 1.29 is 0 Å². The van der Waals surface area contributed by atoms with E-state index < -0.39 is 0 Å². The van der Waals surface area contributed by atoms with E-state index in [-0.39, 0.29) is 0 Å². The van der Waals surface area contributed by atoms with Gasteiger partial charge < -0.3 is 5.73 Å². The van der Waals surface area contributed by atoms with Crippen molar-refractivity contribution in [3.63, 3.8) is 0 Å². The van der Waals surface area contributed by atoms with Crippen molar-refractivity contribution in [3.05, 3.63) is 29.7 Å². The number of nitrogens with two attached hydrogens (primary N) is 1. The minimum Gasteiger partial charge on any atom is -0.330 e. The van der Waals surface area contributed by atoms with E-state index in [1.807, 2.05) is 0 Å². The topological polar surface area (TPSA) is 64.7 Å². The van der Waals surface area contributed by atoms with Crippen LogP contribution in [0.4, 0.5) is 0 Å². The van der Waals surface area contributed by atoms with Crippen molar-refractivity contribution in [2.75, 3.05) is 6.54 Å². The maximum atomic E-state index is 5.45. The zero-order chi connectivity index (χ0) is 10.5. The number of aryl methyl sites for hydroxylation is 1. The molecule has 0 aromatic carbocycles. The maximum Gasteiger partial charge on any atom is 0.143 e. The van der Waals surface area contributed by atoms with Crippen LogP contribution < -0.4 is 5.73 Å². The minimum atomic E-state index is 0.706. The second-order valence-corrected chi connectivity index (χ2v) is 3.98. The lowest BCUT2D eigenvalue weighted by molar-refractivity contribution is 0.816. The van der Waals surface area contributed by atoms with Crippen molar-refractivity contribution in [3.8, 4) is 10.7 Å². The molecule has 0 unspecified atom stereocenters. The molecular formula is C10H12N4S. The highest BCUT2D eigenvalue weighted by atomic mass is 32.1. The second-order valence-electron chi connectivity index (χ2n) is 3.13. The van der Waals surface area contributed by atoms with E-state index in [9.17, 15) is 0 Å². The summed E-state index contributed by atoms with van der Waals surface area (Å²) in [6.45, 7) is 0.706. The van der Waals surface area contributed by atoms with Gasteiger partial charge in [-0.3, -0.25) is 9.97 Å². The predicted molar refractivity (Wildman–Crippen MR) is 60.5 cm³/mol. The molecule has 0 atom stereocenters. The van der Waals surface area contributed by atoms with Crippen LogP contribution in [0.25, 0.3) is 10.7 Å². The highest BCUT2D eigenvalue weighted by Crippen LogP contribution is 2.21. The van der Waals surface area contributed by atoms with Crippen molar-refractivity contribution in [1.29, 1.82) is 0 Å². The van der Waals surface area contributed by atoms with Gasteiger partial charge in [0.15, 0.2) is 0 Å². The molecule has 0 aliphatic heterocycles. The highest BCUT2D eigenvalue weighted by molar-refractivity contribution is 7.13. The number of nitrogens with zero attached hydrogens (tertiary/aromatic N) is 3. The fourth-order valence-corrected chi connectivity index (χ4v) is 2.05. The zero-order valence-electron chi connectivity index (χ0n) is 8.26. The molecule has 4 nitrogen and oxygen atoms in total. The molecule has 2 heterocycles. The van der Waals surface area contributed by atoms with Crippen LogP contribution in [-0.4, -0.2) is 21.5 Å². The molecule has 2 N–H and O–H groups in total. The summed E-state index contributed by atoms with van der Waals surface area (Å²) in [4.78, 5) is 12.7. The standard InChI is InChI=1S/C10H12N4S/c11-3-1-2-8-7-15-10(14-8)9-6-12-4-5-13-9/h4-7H,1-3,11H2. The molecule has 0 radical (unpaired) electrons. The van der Waals surface area contributed by atoms with Crippen LogP contribution in [0.1, 0.15) is 12.1 Å². The minimum absolute atomic E-state index is 0.706. The zero-order valence-corrected chi connectivity index (χ0v) is 9.07. The number of aromatic nitrogens is 3. The molecule has 0 spiro atoms. The molecule has 2 aromatic heterocycles. The first kappa shape index (κ1) is 10.2. The summed E-state index contributed by atoms with van der Waals surface area (Å²) in [5, 5.41) is 2.98. The van der Waals surface area contributed by atoms with Crippen molar-refractivity contribution >= 4 is 11.3 Å². The average molecular weight is 220 g/mol. The Morgan fingerprint density at radius 1 is 1.33 bits per heavy atom. The SMILES string of the molecule is NCCCc1csc(-c2cnccn2)n1. The summed E-state index contributed by atoms with van der Waals surface area (Å²) >= 11 is 1.60.